The van der Waals surface area contributed by atoms with Crippen molar-refractivity contribution in [3.05, 3.63) is 54.1 Å². The van der Waals surface area contributed by atoms with Crippen LogP contribution in [0.5, 0.6) is 0 Å². The summed E-state index contributed by atoms with van der Waals surface area (Å²) in [6.07, 6.45) is 6.21. The molecule has 0 unspecified atom stereocenters. The zero-order valence-corrected chi connectivity index (χ0v) is 23.0. The number of carboxylic acids is 1. The van der Waals surface area contributed by atoms with E-state index in [1.807, 2.05) is 6.07 Å². The number of imidazole rings is 1. The Bertz CT molecular complexity index is 1070. The Morgan fingerprint density at radius 2 is 1.82 bits per heavy atom. The fraction of sp³-hybridized carbons (Fsp3) is 0.571. The molecule has 0 aliphatic heterocycles. The Labute approximate surface area is 229 Å². The van der Waals surface area contributed by atoms with Gasteiger partial charge in [0, 0.05) is 18.8 Å². The van der Waals surface area contributed by atoms with Gasteiger partial charge in [-0.3, -0.25) is 4.79 Å². The third-order valence-electron chi connectivity index (χ3n) is 6.87. The number of aromatic amines is 1. The van der Waals surface area contributed by atoms with Crippen molar-refractivity contribution in [1.82, 2.24) is 20.0 Å². The molecule has 2 amide bonds. The molecule has 1 aliphatic carbocycles. The average Bonchev–Trinajstić information content (AvgIpc) is 3.41. The van der Waals surface area contributed by atoms with Crippen molar-refractivity contribution in [3.63, 3.8) is 0 Å². The SMILES string of the molecule is CC(C)(C)OC(=O)N([C@@H](Cc1ccccc1)C(=O)O)N(CC(N)=O)[C@@H](CC1CCCCC1)[C@@H](O)c1ncc[nH]1. The number of ether oxygens (including phenoxy) is 1. The number of rotatable bonds is 12. The van der Waals surface area contributed by atoms with Crippen molar-refractivity contribution < 1.29 is 29.3 Å². The minimum Gasteiger partial charge on any atom is -0.480 e. The van der Waals surface area contributed by atoms with Crippen LogP contribution in [0.3, 0.4) is 0 Å². The molecular formula is C28H41N5O6. The highest BCUT2D eigenvalue weighted by Crippen LogP contribution is 2.34. The molecule has 0 bridgehead atoms. The summed E-state index contributed by atoms with van der Waals surface area (Å²) >= 11 is 0. The Morgan fingerprint density at radius 3 is 2.36 bits per heavy atom. The van der Waals surface area contributed by atoms with Crippen LogP contribution in [0.4, 0.5) is 4.79 Å². The molecule has 11 heteroatoms. The van der Waals surface area contributed by atoms with E-state index >= 15 is 0 Å². The Kier molecular flexibility index (Phi) is 10.5. The molecule has 1 fully saturated rings. The fourth-order valence-corrected chi connectivity index (χ4v) is 5.15. The third kappa shape index (κ3) is 8.79. The van der Waals surface area contributed by atoms with Crippen LogP contribution >= 0.6 is 0 Å². The molecular weight excluding hydrogens is 502 g/mol. The molecule has 11 nitrogen and oxygen atoms in total. The van der Waals surface area contributed by atoms with E-state index in [-0.39, 0.29) is 18.2 Å². The van der Waals surface area contributed by atoms with Crippen molar-refractivity contribution in [2.24, 2.45) is 11.7 Å². The maximum absolute atomic E-state index is 13.8. The maximum atomic E-state index is 13.8. The number of hydrazine groups is 1. The van der Waals surface area contributed by atoms with Gasteiger partial charge in [-0.15, -0.1) is 0 Å². The molecule has 2 aromatic rings. The molecule has 0 saturated heterocycles. The largest absolute Gasteiger partial charge is 0.480 e. The Balaban J connectivity index is 2.12. The molecule has 39 heavy (non-hydrogen) atoms. The zero-order valence-electron chi connectivity index (χ0n) is 23.0. The van der Waals surface area contributed by atoms with Gasteiger partial charge in [-0.05, 0) is 38.7 Å². The molecule has 0 spiro atoms. The lowest BCUT2D eigenvalue weighted by atomic mass is 9.83. The number of aromatic nitrogens is 2. The molecule has 1 aromatic heterocycles. The van der Waals surface area contributed by atoms with Gasteiger partial charge >= 0.3 is 12.1 Å². The summed E-state index contributed by atoms with van der Waals surface area (Å²) in [5, 5.41) is 24.2. The predicted octanol–water partition coefficient (Wildman–Crippen LogP) is 3.42. The number of carbonyl (C=O) groups excluding carboxylic acids is 2. The van der Waals surface area contributed by atoms with E-state index in [4.69, 9.17) is 10.5 Å². The van der Waals surface area contributed by atoms with Crippen LogP contribution in [0.1, 0.15) is 76.8 Å². The van der Waals surface area contributed by atoms with Crippen molar-refractivity contribution in [2.45, 2.75) is 89.5 Å². The second-order valence-electron chi connectivity index (χ2n) is 11.2. The van der Waals surface area contributed by atoms with E-state index < -0.39 is 48.3 Å². The number of carbonyl (C=O) groups is 3. The third-order valence-corrected chi connectivity index (χ3v) is 6.87. The second kappa shape index (κ2) is 13.6. The average molecular weight is 544 g/mol. The lowest BCUT2D eigenvalue weighted by Crippen LogP contribution is -2.62. The van der Waals surface area contributed by atoms with Gasteiger partial charge in [0.25, 0.3) is 0 Å². The molecule has 1 heterocycles. The molecule has 0 radical (unpaired) electrons. The summed E-state index contributed by atoms with van der Waals surface area (Å²) in [6, 6.07) is 6.55. The molecule has 1 aromatic carbocycles. The van der Waals surface area contributed by atoms with Crippen LogP contribution < -0.4 is 5.73 Å². The number of amides is 2. The Morgan fingerprint density at radius 1 is 1.15 bits per heavy atom. The van der Waals surface area contributed by atoms with Crippen LogP contribution in [0, 0.1) is 5.92 Å². The lowest BCUT2D eigenvalue weighted by Gasteiger charge is -2.44. The topological polar surface area (TPSA) is 162 Å². The number of aliphatic hydroxyl groups excluding tert-OH is 1. The van der Waals surface area contributed by atoms with Gasteiger partial charge in [-0.1, -0.05) is 62.4 Å². The van der Waals surface area contributed by atoms with Gasteiger partial charge < -0.3 is 25.7 Å². The van der Waals surface area contributed by atoms with Crippen LogP contribution in [0.25, 0.3) is 0 Å². The summed E-state index contributed by atoms with van der Waals surface area (Å²) in [4.78, 5) is 46.0. The molecule has 5 N–H and O–H groups in total. The van der Waals surface area contributed by atoms with Gasteiger partial charge in [0.1, 0.15) is 17.5 Å². The van der Waals surface area contributed by atoms with Gasteiger partial charge in [-0.25, -0.2) is 19.6 Å². The number of aliphatic carboxylic acids is 1. The van der Waals surface area contributed by atoms with Crippen LogP contribution in [-0.2, 0) is 20.7 Å². The van der Waals surface area contributed by atoms with Gasteiger partial charge in [0.05, 0.1) is 12.6 Å². The first-order valence-electron chi connectivity index (χ1n) is 13.5. The van der Waals surface area contributed by atoms with E-state index in [9.17, 15) is 24.6 Å². The highest BCUT2D eigenvalue weighted by Gasteiger charge is 2.44. The summed E-state index contributed by atoms with van der Waals surface area (Å²) in [5.41, 5.74) is 5.38. The van der Waals surface area contributed by atoms with Gasteiger partial charge in [0.2, 0.25) is 5.91 Å². The van der Waals surface area contributed by atoms with Crippen molar-refractivity contribution >= 4 is 18.0 Å². The fourth-order valence-electron chi connectivity index (χ4n) is 5.15. The van der Waals surface area contributed by atoms with Crippen LogP contribution in [-0.4, -0.2) is 72.4 Å². The monoisotopic (exact) mass is 543 g/mol. The number of nitrogens with two attached hydrogens (primary N) is 1. The van der Waals surface area contributed by atoms with E-state index in [0.29, 0.717) is 12.0 Å². The number of H-pyrrole nitrogens is 1. The minimum atomic E-state index is -1.45. The van der Waals surface area contributed by atoms with Crippen molar-refractivity contribution in [1.29, 1.82) is 0 Å². The second-order valence-corrected chi connectivity index (χ2v) is 11.2. The van der Waals surface area contributed by atoms with E-state index in [0.717, 1.165) is 37.1 Å². The van der Waals surface area contributed by atoms with Gasteiger partial charge in [-0.2, -0.15) is 5.01 Å². The molecule has 1 aliphatic rings. The number of aliphatic hydroxyl groups is 1. The standard InChI is InChI=1S/C28H41N5O6/c1-28(2,3)39-27(38)33(22(26(36)37)17-20-12-8-5-9-13-20)32(18-23(29)34)21(16-19-10-6-4-7-11-19)24(35)25-30-14-15-31-25/h5,8-9,12-15,19,21-22,24,35H,4,6-7,10-11,16-18H2,1-3H3,(H2,29,34)(H,30,31)(H,36,37)/t21-,22-,24+/m0/s1. The first kappa shape index (κ1) is 30.1. The van der Waals surface area contributed by atoms with Crippen LogP contribution in [0.15, 0.2) is 42.7 Å². The van der Waals surface area contributed by atoms with E-state index in [1.54, 1.807) is 51.2 Å². The lowest BCUT2D eigenvalue weighted by molar-refractivity contribution is -0.164. The summed E-state index contributed by atoms with van der Waals surface area (Å²) < 4.78 is 5.67. The smallest absolute Gasteiger partial charge is 0.425 e. The quantitative estimate of drug-likeness (QED) is 0.296. The minimum absolute atomic E-state index is 0.0579. The number of carboxylic acid groups (broad SMARTS) is 1. The molecule has 3 atom stereocenters. The zero-order chi connectivity index (χ0) is 28.6. The van der Waals surface area contributed by atoms with Gasteiger partial charge in [0.15, 0.2) is 6.04 Å². The Hall–Kier alpha value is -3.44. The molecule has 214 valence electrons. The number of hydrogen-bond acceptors (Lipinski definition) is 7. The number of primary amides is 1. The highest BCUT2D eigenvalue weighted by atomic mass is 16.6. The van der Waals surface area contributed by atoms with Crippen molar-refractivity contribution in [3.8, 4) is 0 Å². The summed E-state index contributed by atoms with van der Waals surface area (Å²) in [7, 11) is 0. The number of hydrogen-bond donors (Lipinski definition) is 4. The first-order valence-corrected chi connectivity index (χ1v) is 13.5. The number of benzene rings is 1. The van der Waals surface area contributed by atoms with E-state index in [1.165, 1.54) is 11.2 Å². The number of nitrogens with zero attached hydrogens (tertiary/aromatic N) is 3. The van der Waals surface area contributed by atoms with E-state index in [2.05, 4.69) is 9.97 Å². The number of nitrogens with one attached hydrogen (secondary N) is 1. The highest BCUT2D eigenvalue weighted by molar-refractivity contribution is 5.81. The molecule has 3 rings (SSSR count). The maximum Gasteiger partial charge on any atom is 0.425 e. The van der Waals surface area contributed by atoms with Crippen molar-refractivity contribution in [2.75, 3.05) is 6.54 Å². The summed E-state index contributed by atoms with van der Waals surface area (Å²) in [5.74, 6) is -1.64. The normalized spacial score (nSPS) is 16.8. The van der Waals surface area contributed by atoms with Crippen LogP contribution in [0.2, 0.25) is 0 Å². The predicted molar refractivity (Wildman–Crippen MR) is 144 cm³/mol. The summed E-state index contributed by atoms with van der Waals surface area (Å²) in [6.45, 7) is 4.51. The first-order chi connectivity index (χ1) is 18.5. The molecule has 1 saturated carbocycles.